The van der Waals surface area contributed by atoms with E-state index in [-0.39, 0.29) is 47.4 Å². The molecule has 0 saturated carbocycles. The number of amidine groups is 1. The first-order valence-corrected chi connectivity index (χ1v) is 13.4. The Kier molecular flexibility index (Phi) is 9.20. The van der Waals surface area contributed by atoms with E-state index in [1.54, 1.807) is 45.6 Å². The van der Waals surface area contributed by atoms with Crippen LogP contribution in [-0.4, -0.2) is 62.8 Å². The van der Waals surface area contributed by atoms with Crippen LogP contribution in [0.15, 0.2) is 53.5 Å². The van der Waals surface area contributed by atoms with E-state index in [0.717, 1.165) is 6.07 Å². The third-order valence-corrected chi connectivity index (χ3v) is 8.68. The fraction of sp³-hybridized carbons (Fsp3) is 0.500. The van der Waals surface area contributed by atoms with Crippen LogP contribution in [-0.2, 0) is 24.5 Å². The lowest BCUT2D eigenvalue weighted by molar-refractivity contribution is -0.212. The minimum absolute atomic E-state index is 0.0214. The van der Waals surface area contributed by atoms with Gasteiger partial charge in [-0.2, -0.15) is 0 Å². The normalized spacial score (nSPS) is 26.8. The highest BCUT2D eigenvalue weighted by Gasteiger charge is 2.54. The maximum absolute atomic E-state index is 15.3. The molecule has 2 aliphatic heterocycles. The van der Waals surface area contributed by atoms with Gasteiger partial charge in [0.15, 0.2) is 11.5 Å². The van der Waals surface area contributed by atoms with Gasteiger partial charge in [0.05, 0.1) is 24.7 Å². The minimum atomic E-state index is -1.17. The zero-order valence-electron chi connectivity index (χ0n) is 22.1. The lowest BCUT2D eigenvalue weighted by Crippen LogP contribution is -2.57. The fourth-order valence-corrected chi connectivity index (χ4v) is 6.76. The molecule has 6 unspecified atom stereocenters. The summed E-state index contributed by atoms with van der Waals surface area (Å²) >= 11 is 1.42. The molecule has 1 N–H and O–H groups in total. The number of nitrogens with zero attached hydrogens (tertiary/aromatic N) is 1. The van der Waals surface area contributed by atoms with Crippen LogP contribution in [0.5, 0.6) is 0 Å². The van der Waals surface area contributed by atoms with Crippen LogP contribution in [0.25, 0.3) is 0 Å². The first kappa shape index (κ1) is 28.6. The quantitative estimate of drug-likeness (QED) is 0.480. The van der Waals surface area contributed by atoms with Crippen molar-refractivity contribution in [3.8, 4) is 0 Å². The number of halogens is 2. The molecule has 0 spiro atoms. The number of benzene rings is 2. The number of carbonyl (C=O) groups is 1. The molecule has 2 aliphatic rings. The van der Waals surface area contributed by atoms with Gasteiger partial charge in [0.2, 0.25) is 0 Å². The van der Waals surface area contributed by atoms with Gasteiger partial charge in [0.1, 0.15) is 17.2 Å². The number of nitrogens with one attached hydrogen (secondary N) is 1. The summed E-state index contributed by atoms with van der Waals surface area (Å²) < 4.78 is 52.5. The van der Waals surface area contributed by atoms with E-state index in [9.17, 15) is 9.18 Å². The van der Waals surface area contributed by atoms with Crippen LogP contribution in [0.4, 0.5) is 8.78 Å². The first-order chi connectivity index (χ1) is 18.2. The molecule has 4 rings (SSSR count). The number of rotatable bonds is 8. The van der Waals surface area contributed by atoms with Crippen molar-refractivity contribution in [2.75, 3.05) is 27.9 Å². The van der Waals surface area contributed by atoms with Gasteiger partial charge >= 0.3 is 0 Å². The topological polar surface area (TPSA) is 78.4 Å². The number of hydrogen-bond donors (Lipinski definition) is 1. The first-order valence-electron chi connectivity index (χ1n) is 12.5. The Hall–Kier alpha value is -2.37. The van der Waals surface area contributed by atoms with E-state index in [1.807, 2.05) is 19.9 Å². The molecule has 38 heavy (non-hydrogen) atoms. The largest absolute Gasteiger partial charge is 0.381 e. The van der Waals surface area contributed by atoms with E-state index in [2.05, 4.69) is 5.32 Å². The second-order valence-corrected chi connectivity index (χ2v) is 11.0. The van der Waals surface area contributed by atoms with Gasteiger partial charge < -0.3 is 24.3 Å². The highest BCUT2D eigenvalue weighted by atomic mass is 32.2. The number of aliphatic imine (C=N–C) groups is 1. The Labute approximate surface area is 226 Å². The van der Waals surface area contributed by atoms with Gasteiger partial charge in [0, 0.05) is 49.7 Å². The number of methoxy groups -OCH3 is 3. The molecule has 206 valence electrons. The van der Waals surface area contributed by atoms with Crippen molar-refractivity contribution in [2.45, 2.75) is 49.6 Å². The highest BCUT2D eigenvalue weighted by molar-refractivity contribution is 8.14. The molecule has 0 bridgehead atoms. The molecule has 1 saturated heterocycles. The molecule has 10 heteroatoms. The summed E-state index contributed by atoms with van der Waals surface area (Å²) in [5.41, 5.74) is -0.462. The lowest BCUT2D eigenvalue weighted by atomic mass is 9.70. The molecule has 0 radical (unpaired) electrons. The zero-order valence-corrected chi connectivity index (χ0v) is 23.0. The summed E-state index contributed by atoms with van der Waals surface area (Å²) in [5, 5.41) is 3.16. The Balaban J connectivity index is 1.74. The Morgan fingerprint density at radius 3 is 2.47 bits per heavy atom. The van der Waals surface area contributed by atoms with Gasteiger partial charge in [0.25, 0.3) is 5.91 Å². The van der Waals surface area contributed by atoms with Crippen molar-refractivity contribution >= 4 is 22.8 Å². The summed E-state index contributed by atoms with van der Waals surface area (Å²) in [6, 6.07) is 12.3. The van der Waals surface area contributed by atoms with Gasteiger partial charge in [-0.05, 0) is 31.5 Å². The third kappa shape index (κ3) is 5.65. The second kappa shape index (κ2) is 12.2. The zero-order chi connectivity index (χ0) is 27.4. The van der Waals surface area contributed by atoms with Crippen molar-refractivity contribution in [3.05, 3.63) is 71.3 Å². The average Bonchev–Trinajstić information content (AvgIpc) is 2.91. The SMILES string of the molecule is COC(C)C(C1CC2C(C)SC(NC(=O)c3ccccc3)=NC2(c2ccc(F)cc2F)CO1)C(OC)OC. The molecule has 6 atom stereocenters. The van der Waals surface area contributed by atoms with Crippen LogP contribution in [0.3, 0.4) is 0 Å². The number of thioether (sulfide) groups is 1. The summed E-state index contributed by atoms with van der Waals surface area (Å²) in [5.74, 6) is -2.17. The second-order valence-electron chi connectivity index (χ2n) is 9.66. The fourth-order valence-electron chi connectivity index (χ4n) is 5.54. The minimum Gasteiger partial charge on any atom is -0.381 e. The molecular weight excluding hydrogens is 514 g/mol. The predicted molar refractivity (Wildman–Crippen MR) is 142 cm³/mol. The summed E-state index contributed by atoms with van der Waals surface area (Å²) in [4.78, 5) is 17.8. The Bertz CT molecular complexity index is 1150. The summed E-state index contributed by atoms with van der Waals surface area (Å²) in [7, 11) is 4.75. The van der Waals surface area contributed by atoms with Crippen molar-refractivity contribution in [2.24, 2.45) is 16.8 Å². The van der Waals surface area contributed by atoms with Crippen molar-refractivity contribution in [1.29, 1.82) is 0 Å². The van der Waals surface area contributed by atoms with E-state index in [1.165, 1.54) is 23.9 Å². The highest BCUT2D eigenvalue weighted by Crippen LogP contribution is 2.51. The van der Waals surface area contributed by atoms with Crippen LogP contribution < -0.4 is 5.32 Å². The predicted octanol–water partition coefficient (Wildman–Crippen LogP) is 4.76. The van der Waals surface area contributed by atoms with Gasteiger partial charge in [-0.15, -0.1) is 0 Å². The molecule has 1 amide bonds. The number of fused-ring (bicyclic) bond motifs is 1. The van der Waals surface area contributed by atoms with Crippen LogP contribution in [0.2, 0.25) is 0 Å². The number of ether oxygens (including phenoxy) is 4. The molecule has 2 heterocycles. The van der Waals surface area contributed by atoms with Crippen LogP contribution >= 0.6 is 11.8 Å². The van der Waals surface area contributed by atoms with E-state index >= 15 is 4.39 Å². The molecule has 0 aromatic heterocycles. The van der Waals surface area contributed by atoms with Crippen LogP contribution in [0, 0.1) is 23.5 Å². The molecule has 2 aromatic rings. The van der Waals surface area contributed by atoms with Gasteiger partial charge in [-0.25, -0.2) is 13.8 Å². The van der Waals surface area contributed by atoms with Crippen LogP contribution in [0.1, 0.15) is 36.2 Å². The third-order valence-electron chi connectivity index (χ3n) is 7.56. The summed E-state index contributed by atoms with van der Waals surface area (Å²) in [6.45, 7) is 3.97. The lowest BCUT2D eigenvalue weighted by Gasteiger charge is -2.51. The number of hydrogen-bond acceptors (Lipinski definition) is 7. The van der Waals surface area contributed by atoms with Gasteiger partial charge in [-0.3, -0.25) is 4.79 Å². The molecule has 0 aliphatic carbocycles. The van der Waals surface area contributed by atoms with Crippen molar-refractivity contribution in [3.63, 3.8) is 0 Å². The molecule has 1 fully saturated rings. The standard InChI is InChI=1S/C28H34F2N2O5S/c1-16(34-3)24(26(35-4)36-5)23-14-21-17(2)38-27(31-25(33)18-9-7-6-8-10-18)32-28(21,15-37-23)20-12-11-19(29)13-22(20)30/h6-13,16-17,21,23-24,26H,14-15H2,1-5H3,(H,31,32,33). The maximum Gasteiger partial charge on any atom is 0.257 e. The van der Waals surface area contributed by atoms with Crippen molar-refractivity contribution < 1.29 is 32.5 Å². The maximum atomic E-state index is 15.3. The monoisotopic (exact) mass is 548 g/mol. The smallest absolute Gasteiger partial charge is 0.257 e. The average molecular weight is 549 g/mol. The Morgan fingerprint density at radius 1 is 1.13 bits per heavy atom. The van der Waals surface area contributed by atoms with E-state index in [0.29, 0.717) is 17.2 Å². The molecule has 7 nitrogen and oxygen atoms in total. The van der Waals surface area contributed by atoms with E-state index < -0.39 is 23.5 Å². The molecular formula is C28H34F2N2O5S. The van der Waals surface area contributed by atoms with Gasteiger partial charge in [-0.1, -0.05) is 43.0 Å². The summed E-state index contributed by atoms with van der Waals surface area (Å²) in [6.07, 6.45) is -0.678. The van der Waals surface area contributed by atoms with E-state index in [4.69, 9.17) is 23.9 Å². The number of carbonyl (C=O) groups excluding carboxylic acids is 1. The number of amides is 1. The Morgan fingerprint density at radius 2 is 1.84 bits per heavy atom. The molecule has 2 aromatic carbocycles. The van der Waals surface area contributed by atoms with Crippen molar-refractivity contribution in [1.82, 2.24) is 5.32 Å².